The summed E-state index contributed by atoms with van der Waals surface area (Å²) in [5, 5.41) is 8.23. The summed E-state index contributed by atoms with van der Waals surface area (Å²) in [6.07, 6.45) is 5.15. The molecule has 0 atom stereocenters. The van der Waals surface area contributed by atoms with Crippen molar-refractivity contribution in [1.29, 1.82) is 0 Å². The summed E-state index contributed by atoms with van der Waals surface area (Å²) in [6.45, 7) is 0.755. The molecule has 0 aliphatic rings. The van der Waals surface area contributed by atoms with E-state index in [0.717, 1.165) is 6.42 Å². The van der Waals surface area contributed by atoms with Gasteiger partial charge in [0.1, 0.15) is 6.54 Å². The van der Waals surface area contributed by atoms with E-state index in [9.17, 15) is 13.2 Å². The van der Waals surface area contributed by atoms with E-state index >= 15 is 0 Å². The Morgan fingerprint density at radius 2 is 1.54 bits per heavy atom. The highest BCUT2D eigenvalue weighted by Crippen LogP contribution is 2.07. The lowest BCUT2D eigenvalue weighted by molar-refractivity contribution is -0.862. The van der Waals surface area contributed by atoms with Crippen LogP contribution in [0.15, 0.2) is 54.9 Å². The van der Waals surface area contributed by atoms with Crippen molar-refractivity contribution in [3.05, 3.63) is 66.0 Å². The fourth-order valence-electron chi connectivity index (χ4n) is 2.42. The van der Waals surface area contributed by atoms with E-state index in [4.69, 9.17) is 9.66 Å². The first-order valence-electron chi connectivity index (χ1n) is 8.94. The minimum absolute atomic E-state index is 0.181. The van der Waals surface area contributed by atoms with Crippen LogP contribution >= 0.6 is 0 Å². The van der Waals surface area contributed by atoms with E-state index in [1.54, 1.807) is 0 Å². The number of pyridine rings is 1. The molecule has 0 spiro atoms. The molecule has 1 aromatic carbocycles. The molecule has 1 aromatic heterocycles. The smallest absolute Gasteiger partial charge is 0.359 e. The molecule has 8 heteroatoms. The van der Waals surface area contributed by atoms with Crippen LogP contribution in [0.3, 0.4) is 0 Å². The lowest BCUT2D eigenvalue weighted by Gasteiger charge is -2.20. The molecule has 2 rings (SSSR count). The first kappa shape index (κ1) is 23.7. The second-order valence-electron chi connectivity index (χ2n) is 7.59. The number of likely N-dealkylation sites (N-methyl/N-ethyl adjacent to an activating group) is 1. The van der Waals surface area contributed by atoms with Crippen LogP contribution in [0.4, 0.5) is 0 Å². The van der Waals surface area contributed by atoms with Crippen LogP contribution in [0, 0.1) is 0 Å². The van der Waals surface area contributed by atoms with Gasteiger partial charge in [0.2, 0.25) is 0 Å². The minimum atomic E-state index is -3.86. The molecule has 0 fully saturated rings. The number of aromatic nitrogens is 1. The third kappa shape index (κ3) is 12.2. The van der Waals surface area contributed by atoms with E-state index in [1.807, 2.05) is 68.4 Å². The van der Waals surface area contributed by atoms with Gasteiger partial charge < -0.3 is 9.59 Å². The highest BCUT2D eigenvalue weighted by molar-refractivity contribution is 7.85. The molecule has 2 N–H and O–H groups in total. The first-order valence-corrected chi connectivity index (χ1v) is 10.5. The zero-order valence-corrected chi connectivity index (χ0v) is 17.5. The Morgan fingerprint density at radius 3 is 1.96 bits per heavy atom. The number of rotatable bonds is 8. The number of carbonyl (C=O) groups is 1. The second kappa shape index (κ2) is 10.9. The molecule has 7 nitrogen and oxygen atoms in total. The lowest BCUT2D eigenvalue weighted by atomic mass is 10.1. The SMILES string of the molecule is C[N+](C)(C)CC(=O)O.O=S(=O)(O)CCC[n+]1ccc(Cc2ccccc2)cc1. The van der Waals surface area contributed by atoms with Crippen molar-refractivity contribution in [2.24, 2.45) is 0 Å². The summed E-state index contributed by atoms with van der Waals surface area (Å²) < 4.78 is 32.3. The van der Waals surface area contributed by atoms with Crippen LogP contribution in [0.25, 0.3) is 0 Å². The molecule has 2 aromatic rings. The van der Waals surface area contributed by atoms with Crippen molar-refractivity contribution in [2.45, 2.75) is 19.4 Å². The number of aliphatic carboxylic acids is 1. The van der Waals surface area contributed by atoms with Crippen LogP contribution in [0.1, 0.15) is 17.5 Å². The van der Waals surface area contributed by atoms with Crippen LogP contribution in [0.2, 0.25) is 0 Å². The van der Waals surface area contributed by atoms with Crippen molar-refractivity contribution < 1.29 is 31.9 Å². The van der Waals surface area contributed by atoms with Gasteiger partial charge in [-0.25, -0.2) is 9.36 Å². The first-order chi connectivity index (χ1) is 12.9. The maximum absolute atomic E-state index is 10.6. The fourth-order valence-corrected chi connectivity index (χ4v) is 2.92. The van der Waals surface area contributed by atoms with Gasteiger partial charge in [-0.2, -0.15) is 8.42 Å². The molecule has 1 heterocycles. The Balaban J connectivity index is 0.000000416. The van der Waals surface area contributed by atoms with Crippen LogP contribution in [-0.2, 0) is 27.9 Å². The monoisotopic (exact) mass is 410 g/mol. The summed E-state index contributed by atoms with van der Waals surface area (Å²) in [4.78, 5) is 10.00. The van der Waals surface area contributed by atoms with Crippen molar-refractivity contribution in [2.75, 3.05) is 33.4 Å². The lowest BCUT2D eigenvalue weighted by Crippen LogP contribution is -2.39. The topological polar surface area (TPSA) is 95.5 Å². The zero-order valence-electron chi connectivity index (χ0n) is 16.7. The molecule has 154 valence electrons. The van der Waals surface area contributed by atoms with E-state index in [-0.39, 0.29) is 12.3 Å². The molecule has 0 aliphatic carbocycles. The average Bonchev–Trinajstić information content (AvgIpc) is 2.54. The third-order valence-electron chi connectivity index (χ3n) is 3.64. The minimum Gasteiger partial charge on any atom is -0.477 e. The van der Waals surface area contributed by atoms with Crippen molar-refractivity contribution in [3.63, 3.8) is 0 Å². The normalized spacial score (nSPS) is 11.4. The van der Waals surface area contributed by atoms with Gasteiger partial charge in [-0.3, -0.25) is 4.55 Å². The number of carboxylic acids is 1. The fraction of sp³-hybridized carbons (Fsp3) is 0.400. The summed E-state index contributed by atoms with van der Waals surface area (Å²) in [5.74, 6) is -0.955. The van der Waals surface area contributed by atoms with Gasteiger partial charge >= 0.3 is 5.97 Å². The number of hydrogen-bond acceptors (Lipinski definition) is 3. The molecule has 0 saturated heterocycles. The number of carboxylic acid groups (broad SMARTS) is 1. The summed E-state index contributed by atoms with van der Waals surface area (Å²) in [7, 11) is 1.67. The molecule has 28 heavy (non-hydrogen) atoms. The Kier molecular flexibility index (Phi) is 9.24. The van der Waals surface area contributed by atoms with Gasteiger partial charge in [0.05, 0.1) is 26.9 Å². The van der Waals surface area contributed by atoms with Gasteiger partial charge in [0.25, 0.3) is 10.1 Å². The molecular weight excluding hydrogens is 380 g/mol. The summed E-state index contributed by atoms with van der Waals surface area (Å²) >= 11 is 0. The quantitative estimate of drug-likeness (QED) is 0.392. The average molecular weight is 411 g/mol. The van der Waals surface area contributed by atoms with E-state index in [0.29, 0.717) is 17.4 Å². The highest BCUT2D eigenvalue weighted by Gasteiger charge is 2.11. The largest absolute Gasteiger partial charge is 0.477 e. The molecule has 0 radical (unpaired) electrons. The van der Waals surface area contributed by atoms with Crippen LogP contribution in [0.5, 0.6) is 0 Å². The Bertz CT molecular complexity index is 829. The Morgan fingerprint density at radius 1 is 1.00 bits per heavy atom. The molecule has 0 saturated carbocycles. The number of benzene rings is 1. The standard InChI is InChI=1S/C15H17NO3S.C5H11NO2/c17-20(18,19)12-4-9-16-10-7-15(8-11-16)13-14-5-2-1-3-6-14;1-6(2,3)4-5(7)8/h1-3,5-8,10-11H,4,9,12-13H2;4H2,1-3H3/p+2. The van der Waals surface area contributed by atoms with Crippen molar-refractivity contribution >= 4 is 16.1 Å². The van der Waals surface area contributed by atoms with Crippen molar-refractivity contribution in [3.8, 4) is 0 Å². The molecular formula is C20H30N2O5S+2. The third-order valence-corrected chi connectivity index (χ3v) is 4.44. The molecule has 0 amide bonds. The number of nitrogens with zero attached hydrogens (tertiary/aromatic N) is 2. The van der Waals surface area contributed by atoms with Gasteiger partial charge in [0, 0.05) is 18.6 Å². The predicted octanol–water partition coefficient (Wildman–Crippen LogP) is 1.62. The Labute approximate surface area is 167 Å². The van der Waals surface area contributed by atoms with Gasteiger partial charge in [0.15, 0.2) is 18.9 Å². The predicted molar refractivity (Wildman–Crippen MR) is 107 cm³/mol. The van der Waals surface area contributed by atoms with Gasteiger partial charge in [-0.05, 0) is 17.5 Å². The summed E-state index contributed by atoms with van der Waals surface area (Å²) in [5.41, 5.74) is 2.47. The number of hydrogen-bond donors (Lipinski definition) is 2. The highest BCUT2D eigenvalue weighted by atomic mass is 32.2. The Hall–Kier alpha value is -2.29. The van der Waals surface area contributed by atoms with Gasteiger partial charge in [-0.15, -0.1) is 0 Å². The molecule has 0 unspecified atom stereocenters. The van der Waals surface area contributed by atoms with Crippen LogP contribution in [-0.4, -0.2) is 62.0 Å². The maximum atomic E-state index is 10.6. The van der Waals surface area contributed by atoms with E-state index in [1.165, 1.54) is 11.1 Å². The van der Waals surface area contributed by atoms with Gasteiger partial charge in [-0.1, -0.05) is 30.3 Å². The van der Waals surface area contributed by atoms with Crippen molar-refractivity contribution in [1.82, 2.24) is 0 Å². The summed E-state index contributed by atoms with van der Waals surface area (Å²) in [6, 6.07) is 14.3. The zero-order chi connectivity index (χ0) is 21.2. The van der Waals surface area contributed by atoms with Crippen LogP contribution < -0.4 is 4.57 Å². The van der Waals surface area contributed by atoms with E-state index in [2.05, 4.69) is 12.1 Å². The molecule has 0 aliphatic heterocycles. The van der Waals surface area contributed by atoms with E-state index < -0.39 is 16.1 Å². The number of aryl methyl sites for hydroxylation is 1. The maximum Gasteiger partial charge on any atom is 0.359 e. The molecule has 0 bridgehead atoms. The second-order valence-corrected chi connectivity index (χ2v) is 9.16. The number of quaternary nitrogens is 1.